The molecule has 1 atom stereocenters. The van der Waals surface area contributed by atoms with Gasteiger partial charge in [0.2, 0.25) is 0 Å². The van der Waals surface area contributed by atoms with E-state index in [0.717, 1.165) is 22.1 Å². The molecular weight excluding hydrogens is 518 g/mol. The van der Waals surface area contributed by atoms with Crippen LogP contribution in [0, 0.1) is 0 Å². The van der Waals surface area contributed by atoms with Gasteiger partial charge < -0.3 is 14.9 Å². The molecule has 210 valence electrons. The summed E-state index contributed by atoms with van der Waals surface area (Å²) in [7, 11) is 0. The number of hydrogen-bond donors (Lipinski definition) is 2. The van der Waals surface area contributed by atoms with Gasteiger partial charge in [-0.3, -0.25) is 9.59 Å². The molecule has 5 rings (SSSR count). The van der Waals surface area contributed by atoms with Crippen molar-refractivity contribution < 1.29 is 29.3 Å². The maximum atomic E-state index is 13.3. The fraction of sp³-hybridized carbons (Fsp3) is 0.294. The van der Waals surface area contributed by atoms with Gasteiger partial charge in [0.15, 0.2) is 11.6 Å². The maximum Gasteiger partial charge on any atom is 0.336 e. The number of carboxylic acid groups (broad SMARTS) is 1. The van der Waals surface area contributed by atoms with Crippen LogP contribution in [0.2, 0.25) is 0 Å². The van der Waals surface area contributed by atoms with Crippen LogP contribution in [0.5, 0.6) is 11.5 Å². The highest BCUT2D eigenvalue weighted by atomic mass is 16.5. The summed E-state index contributed by atoms with van der Waals surface area (Å²) in [5.41, 5.74) is 2.57. The van der Waals surface area contributed by atoms with Crippen LogP contribution in [-0.2, 0) is 17.4 Å². The largest absolute Gasteiger partial charge is 0.507 e. The van der Waals surface area contributed by atoms with Crippen molar-refractivity contribution in [1.29, 1.82) is 0 Å². The molecule has 0 aliphatic heterocycles. The van der Waals surface area contributed by atoms with Crippen molar-refractivity contribution in [2.75, 3.05) is 0 Å². The summed E-state index contributed by atoms with van der Waals surface area (Å²) < 4.78 is 6.27. The van der Waals surface area contributed by atoms with Crippen LogP contribution < -0.4 is 4.74 Å². The number of nitrogens with zero attached hydrogens (tertiary/aromatic N) is 1. The number of fused-ring (bicyclic) bond motifs is 2. The number of pyridine rings is 1. The van der Waals surface area contributed by atoms with E-state index in [4.69, 9.17) is 9.72 Å². The van der Waals surface area contributed by atoms with Crippen LogP contribution in [0.15, 0.2) is 60.7 Å². The topological polar surface area (TPSA) is 114 Å². The van der Waals surface area contributed by atoms with Crippen molar-refractivity contribution >= 4 is 28.4 Å². The van der Waals surface area contributed by atoms with E-state index in [-0.39, 0.29) is 39.8 Å². The van der Waals surface area contributed by atoms with Crippen molar-refractivity contribution in [3.05, 3.63) is 99.7 Å². The van der Waals surface area contributed by atoms with E-state index in [2.05, 4.69) is 41.5 Å². The Bertz CT molecular complexity index is 1700. The monoisotopic (exact) mass is 551 g/mol. The quantitative estimate of drug-likeness (QED) is 0.257. The first-order valence-corrected chi connectivity index (χ1v) is 13.5. The first kappa shape index (κ1) is 28.0. The maximum absolute atomic E-state index is 13.3. The van der Waals surface area contributed by atoms with Gasteiger partial charge in [-0.25, -0.2) is 9.78 Å². The minimum absolute atomic E-state index is 0.0712. The summed E-state index contributed by atoms with van der Waals surface area (Å²) >= 11 is 0. The lowest BCUT2D eigenvalue weighted by Crippen LogP contribution is -2.18. The van der Waals surface area contributed by atoms with E-state index in [0.29, 0.717) is 17.0 Å². The van der Waals surface area contributed by atoms with E-state index in [1.807, 2.05) is 24.3 Å². The fourth-order valence-corrected chi connectivity index (χ4v) is 5.38. The molecule has 7 heteroatoms. The number of para-hydroxylation sites is 1. The Morgan fingerprint density at radius 2 is 1.51 bits per heavy atom. The first-order chi connectivity index (χ1) is 19.2. The average molecular weight is 552 g/mol. The van der Waals surface area contributed by atoms with Gasteiger partial charge in [0.25, 0.3) is 0 Å². The zero-order valence-electron chi connectivity index (χ0n) is 24.0. The van der Waals surface area contributed by atoms with Crippen LogP contribution in [0.4, 0.5) is 0 Å². The van der Waals surface area contributed by atoms with Gasteiger partial charge in [0, 0.05) is 16.5 Å². The number of phenolic OH excluding ortho intramolecular Hbond substituents is 1. The Hall–Kier alpha value is -4.52. The number of phenols is 1. The van der Waals surface area contributed by atoms with Crippen molar-refractivity contribution in [3.8, 4) is 11.5 Å². The van der Waals surface area contributed by atoms with Gasteiger partial charge in [0.05, 0.1) is 11.3 Å². The molecule has 41 heavy (non-hydrogen) atoms. The zero-order chi connectivity index (χ0) is 29.9. The molecule has 0 spiro atoms. The lowest BCUT2D eigenvalue weighted by molar-refractivity contribution is 0.0691. The minimum Gasteiger partial charge on any atom is -0.507 e. The molecule has 1 unspecified atom stereocenters. The smallest absolute Gasteiger partial charge is 0.336 e. The molecule has 4 aromatic rings. The molecule has 7 nitrogen and oxygen atoms in total. The molecule has 3 aromatic carbocycles. The Kier molecular flexibility index (Phi) is 6.72. The third-order valence-corrected chi connectivity index (χ3v) is 7.51. The predicted octanol–water partition coefficient (Wildman–Crippen LogP) is 6.98. The number of Topliss-reactive ketones (excluding diaryl/α,β-unsaturated/α-hetero) is 2. The predicted molar refractivity (Wildman–Crippen MR) is 156 cm³/mol. The molecule has 0 fully saturated rings. The van der Waals surface area contributed by atoms with E-state index in [1.165, 1.54) is 18.2 Å². The minimum atomic E-state index is -1.26. The molecule has 0 saturated heterocycles. The summed E-state index contributed by atoms with van der Waals surface area (Å²) in [6, 6.07) is 17.1. The average Bonchev–Trinajstić information content (AvgIpc) is 3.16. The Morgan fingerprint density at radius 1 is 0.878 bits per heavy atom. The Balaban J connectivity index is 1.52. The highest BCUT2D eigenvalue weighted by molar-refractivity contribution is 6.31. The summed E-state index contributed by atoms with van der Waals surface area (Å²) in [5.74, 6) is -2.74. The number of aromatic hydroxyl groups is 1. The van der Waals surface area contributed by atoms with Gasteiger partial charge in [0.1, 0.15) is 29.5 Å². The zero-order valence-corrected chi connectivity index (χ0v) is 24.0. The van der Waals surface area contributed by atoms with Gasteiger partial charge in [-0.15, -0.1) is 0 Å². The second-order valence-corrected chi connectivity index (χ2v) is 12.6. The van der Waals surface area contributed by atoms with Crippen LogP contribution in [-0.4, -0.2) is 32.7 Å². The summed E-state index contributed by atoms with van der Waals surface area (Å²) in [6.45, 7) is 12.5. The normalized spacial score (nSPS) is 15.3. The van der Waals surface area contributed by atoms with E-state index >= 15 is 0 Å². The van der Waals surface area contributed by atoms with Crippen molar-refractivity contribution in [2.45, 2.75) is 64.9 Å². The number of ketones is 2. The molecule has 1 aromatic heterocycles. The number of aromatic carboxylic acids is 1. The number of benzene rings is 3. The van der Waals surface area contributed by atoms with Gasteiger partial charge in [-0.1, -0.05) is 71.9 Å². The molecular formula is C34H33NO6. The number of carbonyl (C=O) groups is 3. The number of hydrogen-bond acceptors (Lipinski definition) is 6. The summed E-state index contributed by atoms with van der Waals surface area (Å²) in [4.78, 5) is 43.0. The van der Waals surface area contributed by atoms with Crippen molar-refractivity contribution in [3.63, 3.8) is 0 Å². The molecule has 0 radical (unpaired) electrons. The van der Waals surface area contributed by atoms with Gasteiger partial charge >= 0.3 is 5.97 Å². The lowest BCUT2D eigenvalue weighted by Gasteiger charge is -2.28. The van der Waals surface area contributed by atoms with E-state index in [9.17, 15) is 24.6 Å². The SMILES string of the molecule is CC(C)(C)c1cc(COc2cccc3ccc(C4C(=O)c5cccc(C(=O)O)c5C4=O)nc23)cc(C(C)(C)C)c1O. The molecule has 1 heterocycles. The van der Waals surface area contributed by atoms with Gasteiger partial charge in [-0.05, 0) is 57.9 Å². The van der Waals surface area contributed by atoms with Crippen molar-refractivity contribution in [2.24, 2.45) is 0 Å². The third-order valence-electron chi connectivity index (χ3n) is 7.51. The number of aromatic nitrogens is 1. The Morgan fingerprint density at radius 3 is 2.12 bits per heavy atom. The Labute approximate surface area is 238 Å². The van der Waals surface area contributed by atoms with Crippen molar-refractivity contribution in [1.82, 2.24) is 4.98 Å². The van der Waals surface area contributed by atoms with E-state index in [1.54, 1.807) is 18.2 Å². The second-order valence-electron chi connectivity index (χ2n) is 12.6. The van der Waals surface area contributed by atoms with Crippen LogP contribution >= 0.6 is 0 Å². The van der Waals surface area contributed by atoms with Crippen LogP contribution in [0.3, 0.4) is 0 Å². The lowest BCUT2D eigenvalue weighted by atomic mass is 9.78. The third kappa shape index (κ3) is 4.97. The highest BCUT2D eigenvalue weighted by Gasteiger charge is 2.43. The highest BCUT2D eigenvalue weighted by Crippen LogP contribution is 2.40. The van der Waals surface area contributed by atoms with Gasteiger partial charge in [-0.2, -0.15) is 0 Å². The molecule has 0 amide bonds. The first-order valence-electron chi connectivity index (χ1n) is 13.5. The summed E-state index contributed by atoms with van der Waals surface area (Å²) in [6.07, 6.45) is 0. The molecule has 0 bridgehead atoms. The number of rotatable bonds is 5. The number of carboxylic acids is 1. The molecule has 1 aliphatic rings. The van der Waals surface area contributed by atoms with Crippen LogP contribution in [0.1, 0.15) is 101 Å². The number of carbonyl (C=O) groups excluding carboxylic acids is 2. The fourth-order valence-electron chi connectivity index (χ4n) is 5.38. The van der Waals surface area contributed by atoms with E-state index < -0.39 is 23.5 Å². The molecule has 1 aliphatic carbocycles. The van der Waals surface area contributed by atoms with Crippen LogP contribution in [0.25, 0.3) is 10.9 Å². The molecule has 0 saturated carbocycles. The summed E-state index contributed by atoms with van der Waals surface area (Å²) in [5, 5.41) is 21.4. The molecule has 2 N–H and O–H groups in total. The number of ether oxygens (including phenoxy) is 1. The standard InChI is InChI=1S/C34H33NO6/c1-33(2,3)22-15-18(16-23(30(22)37)34(4,5)6)17-41-25-12-7-9-19-13-14-24(35-28(19)25)27-29(36)20-10-8-11-21(32(39)40)26(20)31(27)38/h7-16,27,37H,17H2,1-6H3,(H,39,40). The second kappa shape index (κ2) is 9.84.